The minimum Gasteiger partial charge on any atom is -0.352 e. The number of hydrogen-bond donors (Lipinski definition) is 2. The summed E-state index contributed by atoms with van der Waals surface area (Å²) in [5.41, 5.74) is 3.41. The van der Waals surface area contributed by atoms with E-state index in [0.717, 1.165) is 81.1 Å². The van der Waals surface area contributed by atoms with E-state index in [1.807, 2.05) is 23.1 Å². The SMILES string of the molecule is CC(C)CCN(CCC(C)C)C(=O)c1ccc2nc(NCc3ccc(S(N)(=O)=O)cc3)n(CCCN3CCCCC3)c2c1. The summed E-state index contributed by atoms with van der Waals surface area (Å²) in [5.74, 6) is 1.88. The molecular formula is C33H50N6O3S. The summed E-state index contributed by atoms with van der Waals surface area (Å²) in [6.45, 7) is 14.9. The van der Waals surface area contributed by atoms with E-state index in [9.17, 15) is 13.2 Å². The summed E-state index contributed by atoms with van der Waals surface area (Å²) in [7, 11) is -3.74. The van der Waals surface area contributed by atoms with Crippen molar-refractivity contribution in [1.82, 2.24) is 19.4 Å². The first-order chi connectivity index (χ1) is 20.5. The maximum Gasteiger partial charge on any atom is 0.253 e. The molecule has 9 nitrogen and oxygen atoms in total. The number of piperidine rings is 1. The number of nitrogens with two attached hydrogens (primary N) is 1. The molecule has 43 heavy (non-hydrogen) atoms. The van der Waals surface area contributed by atoms with Crippen molar-refractivity contribution >= 4 is 32.9 Å². The van der Waals surface area contributed by atoms with Crippen LogP contribution in [0.25, 0.3) is 11.0 Å². The number of carbonyl (C=O) groups excluding carboxylic acids is 1. The highest BCUT2D eigenvalue weighted by molar-refractivity contribution is 7.89. The molecule has 1 aliphatic rings. The van der Waals surface area contributed by atoms with Crippen molar-refractivity contribution in [3.05, 3.63) is 53.6 Å². The lowest BCUT2D eigenvalue weighted by molar-refractivity contribution is 0.0741. The molecule has 0 radical (unpaired) electrons. The van der Waals surface area contributed by atoms with Gasteiger partial charge in [-0.2, -0.15) is 0 Å². The fraction of sp³-hybridized carbons (Fsp3) is 0.576. The molecular weight excluding hydrogens is 560 g/mol. The summed E-state index contributed by atoms with van der Waals surface area (Å²) in [6, 6.07) is 12.4. The molecule has 1 fully saturated rings. The number of aromatic nitrogens is 2. The van der Waals surface area contributed by atoms with E-state index in [-0.39, 0.29) is 10.8 Å². The first kappa shape index (κ1) is 33.0. The van der Waals surface area contributed by atoms with Gasteiger partial charge in [-0.1, -0.05) is 46.2 Å². The number of carbonyl (C=O) groups is 1. The van der Waals surface area contributed by atoms with E-state index in [4.69, 9.17) is 10.1 Å². The van der Waals surface area contributed by atoms with Crippen molar-refractivity contribution in [3.8, 4) is 0 Å². The maximum atomic E-state index is 13.8. The molecule has 0 unspecified atom stereocenters. The van der Waals surface area contributed by atoms with Gasteiger partial charge in [0.2, 0.25) is 16.0 Å². The fourth-order valence-corrected chi connectivity index (χ4v) is 6.07. The molecule has 2 heterocycles. The second-order valence-corrected chi connectivity index (χ2v) is 14.3. The number of amides is 1. The maximum absolute atomic E-state index is 13.8. The first-order valence-electron chi connectivity index (χ1n) is 15.9. The Morgan fingerprint density at radius 2 is 1.60 bits per heavy atom. The van der Waals surface area contributed by atoms with Crippen molar-refractivity contribution in [3.63, 3.8) is 0 Å². The zero-order valence-electron chi connectivity index (χ0n) is 26.4. The fourth-order valence-electron chi connectivity index (χ4n) is 5.56. The standard InChI is InChI=1S/C33H50N6O3S/c1-25(2)15-21-38(22-16-26(3)4)32(40)28-11-14-30-31(23-28)39(20-8-19-37-17-6-5-7-18-37)33(36-30)35-24-27-9-12-29(13-10-27)43(34,41)42/h9-14,23,25-26H,5-8,15-22,24H2,1-4H3,(H,35,36)(H2,34,41,42). The van der Waals surface area contributed by atoms with Crippen molar-refractivity contribution in [2.45, 2.75) is 84.2 Å². The molecule has 236 valence electrons. The number of primary sulfonamides is 1. The zero-order chi connectivity index (χ0) is 31.0. The number of aryl methyl sites for hydroxylation is 1. The van der Waals surface area contributed by atoms with Gasteiger partial charge >= 0.3 is 0 Å². The van der Waals surface area contributed by atoms with Crippen LogP contribution in [0.2, 0.25) is 0 Å². The Hall–Kier alpha value is -2.95. The number of fused-ring (bicyclic) bond motifs is 1. The van der Waals surface area contributed by atoms with E-state index in [0.29, 0.717) is 23.9 Å². The molecule has 0 spiro atoms. The van der Waals surface area contributed by atoms with Crippen molar-refractivity contribution in [1.29, 1.82) is 0 Å². The molecule has 1 saturated heterocycles. The largest absolute Gasteiger partial charge is 0.352 e. The van der Waals surface area contributed by atoms with E-state index >= 15 is 0 Å². The van der Waals surface area contributed by atoms with Crippen LogP contribution in [-0.4, -0.2) is 66.4 Å². The van der Waals surface area contributed by atoms with Crippen LogP contribution in [0.4, 0.5) is 5.95 Å². The minimum absolute atomic E-state index is 0.0775. The van der Waals surface area contributed by atoms with Crippen molar-refractivity contribution in [2.24, 2.45) is 17.0 Å². The Balaban J connectivity index is 1.58. The third-order valence-corrected chi connectivity index (χ3v) is 9.17. The zero-order valence-corrected chi connectivity index (χ0v) is 27.2. The second-order valence-electron chi connectivity index (χ2n) is 12.7. The van der Waals surface area contributed by atoms with Crippen LogP contribution in [0.1, 0.15) is 82.1 Å². The third kappa shape index (κ3) is 9.52. The Morgan fingerprint density at radius 3 is 2.21 bits per heavy atom. The molecule has 0 saturated carbocycles. The minimum atomic E-state index is -3.74. The van der Waals surface area contributed by atoms with Gasteiger partial charge < -0.3 is 19.7 Å². The van der Waals surface area contributed by atoms with Gasteiger partial charge in [0.15, 0.2) is 0 Å². The van der Waals surface area contributed by atoms with E-state index in [1.165, 1.54) is 31.4 Å². The predicted molar refractivity (Wildman–Crippen MR) is 175 cm³/mol. The lowest BCUT2D eigenvalue weighted by Gasteiger charge is -2.26. The lowest BCUT2D eigenvalue weighted by Crippen LogP contribution is -2.34. The molecule has 1 amide bonds. The van der Waals surface area contributed by atoms with Gasteiger partial charge in [-0.15, -0.1) is 0 Å². The monoisotopic (exact) mass is 610 g/mol. The number of rotatable bonds is 15. The predicted octanol–water partition coefficient (Wildman–Crippen LogP) is 5.71. The highest BCUT2D eigenvalue weighted by atomic mass is 32.2. The van der Waals surface area contributed by atoms with Crippen LogP contribution < -0.4 is 10.5 Å². The Kier molecular flexibility index (Phi) is 11.6. The Bertz CT molecular complexity index is 1430. The van der Waals surface area contributed by atoms with Crippen LogP contribution >= 0.6 is 0 Å². The molecule has 1 aromatic heterocycles. The quantitative estimate of drug-likeness (QED) is 0.228. The van der Waals surface area contributed by atoms with Gasteiger partial charge in [0.25, 0.3) is 5.91 Å². The number of imidazole rings is 1. The van der Waals surface area contributed by atoms with Crippen LogP contribution in [0.15, 0.2) is 47.4 Å². The van der Waals surface area contributed by atoms with Crippen molar-refractivity contribution < 1.29 is 13.2 Å². The van der Waals surface area contributed by atoms with Gasteiger partial charge in [-0.3, -0.25) is 4.79 Å². The van der Waals surface area contributed by atoms with E-state index in [1.54, 1.807) is 12.1 Å². The van der Waals surface area contributed by atoms with Crippen molar-refractivity contribution in [2.75, 3.05) is 38.0 Å². The highest BCUT2D eigenvalue weighted by Crippen LogP contribution is 2.24. The first-order valence-corrected chi connectivity index (χ1v) is 17.4. The van der Waals surface area contributed by atoms with Crippen LogP contribution in [-0.2, 0) is 23.1 Å². The Morgan fingerprint density at radius 1 is 0.953 bits per heavy atom. The van der Waals surface area contributed by atoms with Gasteiger partial charge in [0, 0.05) is 31.7 Å². The second kappa shape index (κ2) is 15.2. The van der Waals surface area contributed by atoms with Crippen LogP contribution in [0.5, 0.6) is 0 Å². The normalized spacial score (nSPS) is 14.6. The Labute approximate surface area is 257 Å². The number of anilines is 1. The number of nitrogens with one attached hydrogen (secondary N) is 1. The lowest BCUT2D eigenvalue weighted by atomic mass is 10.1. The molecule has 3 N–H and O–H groups in total. The number of benzene rings is 2. The third-order valence-electron chi connectivity index (χ3n) is 8.24. The summed E-state index contributed by atoms with van der Waals surface area (Å²) in [6.07, 6.45) is 6.79. The van der Waals surface area contributed by atoms with Gasteiger partial charge in [0.05, 0.1) is 15.9 Å². The molecule has 0 atom stereocenters. The van der Waals surface area contributed by atoms with Crippen LogP contribution in [0.3, 0.4) is 0 Å². The molecule has 0 aliphatic carbocycles. The van der Waals surface area contributed by atoms with Gasteiger partial charge in [-0.05, 0) is 99.5 Å². The molecule has 4 rings (SSSR count). The smallest absolute Gasteiger partial charge is 0.253 e. The molecule has 10 heteroatoms. The number of likely N-dealkylation sites (tertiary alicyclic amines) is 1. The molecule has 1 aliphatic heterocycles. The van der Waals surface area contributed by atoms with E-state index in [2.05, 4.69) is 42.5 Å². The molecule has 3 aromatic rings. The van der Waals surface area contributed by atoms with Gasteiger partial charge in [-0.25, -0.2) is 18.5 Å². The van der Waals surface area contributed by atoms with Crippen LogP contribution in [0, 0.1) is 11.8 Å². The molecule has 0 bridgehead atoms. The van der Waals surface area contributed by atoms with E-state index < -0.39 is 10.0 Å². The number of nitrogens with zero attached hydrogens (tertiary/aromatic N) is 4. The van der Waals surface area contributed by atoms with Gasteiger partial charge in [0.1, 0.15) is 0 Å². The summed E-state index contributed by atoms with van der Waals surface area (Å²) in [4.78, 5) is 23.3. The summed E-state index contributed by atoms with van der Waals surface area (Å²) >= 11 is 0. The highest BCUT2D eigenvalue weighted by Gasteiger charge is 2.20. The number of hydrogen-bond acceptors (Lipinski definition) is 6. The topological polar surface area (TPSA) is 114 Å². The number of sulfonamides is 1. The summed E-state index contributed by atoms with van der Waals surface area (Å²) < 4.78 is 25.5. The average Bonchev–Trinajstić information content (AvgIpc) is 3.32. The molecule has 2 aromatic carbocycles. The average molecular weight is 611 g/mol. The summed E-state index contributed by atoms with van der Waals surface area (Å²) in [5, 5.41) is 8.72.